The van der Waals surface area contributed by atoms with E-state index in [1.54, 1.807) is 0 Å². The molecule has 214 valence electrons. The number of benzene rings is 2. The fourth-order valence-electron chi connectivity index (χ4n) is 5.43. The van der Waals surface area contributed by atoms with Crippen molar-refractivity contribution in [3.63, 3.8) is 0 Å². The number of nitrogens with one attached hydrogen (secondary N) is 2. The average molecular weight is 551 g/mol. The van der Waals surface area contributed by atoms with E-state index in [1.165, 1.54) is 32.4 Å². The van der Waals surface area contributed by atoms with E-state index in [1.807, 2.05) is 42.3 Å². The summed E-state index contributed by atoms with van der Waals surface area (Å²) in [5, 5.41) is 23.2. The van der Waals surface area contributed by atoms with Gasteiger partial charge in [-0.15, -0.1) is 0 Å². The summed E-state index contributed by atoms with van der Waals surface area (Å²) in [7, 11) is 0. The SMILES string of the molecule is CC/C=C(/NCCN1CCCCC1)c1cc(C#N)cc(-c2cccc(C3=NN(CC)/C(=C/CC)C(NC=O)=C3)c2)c1. The monoisotopic (exact) mass is 550 g/mol. The summed E-state index contributed by atoms with van der Waals surface area (Å²) >= 11 is 0. The molecule has 0 saturated carbocycles. The molecular weight excluding hydrogens is 508 g/mol. The molecule has 1 saturated heterocycles. The maximum atomic E-state index is 11.4. The molecule has 0 aromatic heterocycles. The molecule has 0 unspecified atom stereocenters. The summed E-state index contributed by atoms with van der Waals surface area (Å²) < 4.78 is 0. The zero-order valence-electron chi connectivity index (χ0n) is 24.6. The van der Waals surface area contributed by atoms with Gasteiger partial charge in [0.1, 0.15) is 0 Å². The quantitative estimate of drug-likeness (QED) is 0.316. The van der Waals surface area contributed by atoms with E-state index in [-0.39, 0.29) is 0 Å². The fraction of sp³-hybridized carbons (Fsp3) is 0.382. The van der Waals surface area contributed by atoms with Crippen LogP contribution in [0.4, 0.5) is 0 Å². The highest BCUT2D eigenvalue weighted by Crippen LogP contribution is 2.28. The molecule has 0 aliphatic carbocycles. The summed E-state index contributed by atoms with van der Waals surface area (Å²) in [5.41, 5.74) is 8.04. The van der Waals surface area contributed by atoms with Crippen LogP contribution in [0.1, 0.15) is 69.6 Å². The average Bonchev–Trinajstić information content (AvgIpc) is 3.02. The van der Waals surface area contributed by atoms with E-state index in [2.05, 4.69) is 65.8 Å². The smallest absolute Gasteiger partial charge is 0.211 e. The van der Waals surface area contributed by atoms with Crippen molar-refractivity contribution >= 4 is 17.8 Å². The number of carbonyl (C=O) groups is 1. The van der Waals surface area contributed by atoms with Gasteiger partial charge in [0.25, 0.3) is 0 Å². The van der Waals surface area contributed by atoms with Crippen LogP contribution in [0.5, 0.6) is 0 Å². The summed E-state index contributed by atoms with van der Waals surface area (Å²) in [5.74, 6) is 0. The Morgan fingerprint density at radius 3 is 2.54 bits per heavy atom. The van der Waals surface area contributed by atoms with E-state index in [4.69, 9.17) is 5.10 Å². The Bertz CT molecular complexity index is 1370. The van der Waals surface area contributed by atoms with Gasteiger partial charge < -0.3 is 15.5 Å². The largest absolute Gasteiger partial charge is 0.384 e. The minimum absolute atomic E-state index is 0.626. The van der Waals surface area contributed by atoms with Gasteiger partial charge in [-0.25, -0.2) is 0 Å². The van der Waals surface area contributed by atoms with Crippen LogP contribution in [0.25, 0.3) is 16.8 Å². The molecule has 2 N–H and O–H groups in total. The maximum absolute atomic E-state index is 11.4. The summed E-state index contributed by atoms with van der Waals surface area (Å²) in [6, 6.07) is 16.6. The Kier molecular flexibility index (Phi) is 10.9. The number of hydrazone groups is 1. The van der Waals surface area contributed by atoms with Gasteiger partial charge in [0.05, 0.1) is 28.7 Å². The third-order valence-corrected chi connectivity index (χ3v) is 7.44. The Labute approximate surface area is 244 Å². The van der Waals surface area contributed by atoms with Gasteiger partial charge in [0.2, 0.25) is 6.41 Å². The van der Waals surface area contributed by atoms with Gasteiger partial charge in [-0.05, 0) is 92.7 Å². The molecular formula is C34H42N6O. The van der Waals surface area contributed by atoms with Gasteiger partial charge >= 0.3 is 0 Å². The molecule has 0 spiro atoms. The number of carbonyl (C=O) groups excluding carboxylic acids is 1. The molecule has 0 radical (unpaired) electrons. The predicted octanol–water partition coefficient (Wildman–Crippen LogP) is 6.02. The Morgan fingerprint density at radius 2 is 1.83 bits per heavy atom. The van der Waals surface area contributed by atoms with Crippen LogP contribution < -0.4 is 10.6 Å². The minimum atomic E-state index is 0.626. The van der Waals surface area contributed by atoms with Crippen molar-refractivity contribution in [1.82, 2.24) is 20.5 Å². The van der Waals surface area contributed by atoms with Crippen molar-refractivity contribution < 1.29 is 4.79 Å². The molecule has 4 rings (SSSR count). The molecule has 41 heavy (non-hydrogen) atoms. The molecule has 2 aliphatic rings. The van der Waals surface area contributed by atoms with E-state index in [0.29, 0.717) is 18.5 Å². The maximum Gasteiger partial charge on any atom is 0.211 e. The van der Waals surface area contributed by atoms with Gasteiger partial charge in [-0.2, -0.15) is 10.4 Å². The summed E-state index contributed by atoms with van der Waals surface area (Å²) in [6.07, 6.45) is 12.6. The van der Waals surface area contributed by atoms with Crippen LogP contribution in [-0.2, 0) is 4.79 Å². The van der Waals surface area contributed by atoms with Crippen LogP contribution in [0.3, 0.4) is 0 Å². The lowest BCUT2D eigenvalue weighted by Crippen LogP contribution is -2.35. The molecule has 2 heterocycles. The van der Waals surface area contributed by atoms with Crippen molar-refractivity contribution in [3.05, 3.63) is 88.8 Å². The van der Waals surface area contributed by atoms with Gasteiger partial charge in [0.15, 0.2) is 0 Å². The molecule has 2 aromatic carbocycles. The Morgan fingerprint density at radius 1 is 1.02 bits per heavy atom. The van der Waals surface area contributed by atoms with E-state index in [0.717, 1.165) is 71.0 Å². The first-order valence-electron chi connectivity index (χ1n) is 14.9. The first kappa shape index (κ1) is 29.8. The van der Waals surface area contributed by atoms with Crippen LogP contribution in [0, 0.1) is 11.3 Å². The molecule has 2 aromatic rings. The standard InChI is InChI=1S/C34H42N6O/c1-4-11-31(36-15-18-39-16-8-7-9-17-39)30-20-26(24-35)19-29(22-30)27-13-10-14-28(21-27)32-23-33(37-25-41)34(12-5-2)40(6-3)38-32/h10-14,19-23,25,36H,4-9,15-18H2,1-3H3,(H,37,41)/b31-11+,34-12+. The van der Waals surface area contributed by atoms with E-state index in [9.17, 15) is 10.1 Å². The number of piperidine rings is 1. The zero-order valence-corrected chi connectivity index (χ0v) is 24.6. The number of hydrogen-bond donors (Lipinski definition) is 2. The van der Waals surface area contributed by atoms with Gasteiger partial charge in [0, 0.05) is 30.9 Å². The van der Waals surface area contributed by atoms with Crippen molar-refractivity contribution in [3.8, 4) is 17.2 Å². The van der Waals surface area contributed by atoms with Crippen molar-refractivity contribution in [2.75, 3.05) is 32.7 Å². The van der Waals surface area contributed by atoms with Crippen molar-refractivity contribution in [2.24, 2.45) is 5.10 Å². The zero-order chi connectivity index (χ0) is 29.0. The number of likely N-dealkylation sites (N-methyl/N-ethyl adjacent to an activating group) is 1. The first-order chi connectivity index (χ1) is 20.1. The topological polar surface area (TPSA) is 83.8 Å². The highest BCUT2D eigenvalue weighted by molar-refractivity contribution is 6.10. The number of likely N-dealkylation sites (tertiary alicyclic amines) is 1. The van der Waals surface area contributed by atoms with E-state index >= 15 is 0 Å². The van der Waals surface area contributed by atoms with E-state index < -0.39 is 0 Å². The van der Waals surface area contributed by atoms with Gasteiger partial charge in [-0.3, -0.25) is 9.80 Å². The third-order valence-electron chi connectivity index (χ3n) is 7.44. The number of amides is 1. The molecule has 1 fully saturated rings. The lowest BCUT2D eigenvalue weighted by molar-refractivity contribution is -0.108. The lowest BCUT2D eigenvalue weighted by atomic mass is 9.95. The highest BCUT2D eigenvalue weighted by Gasteiger charge is 2.20. The number of hydrogen-bond acceptors (Lipinski definition) is 6. The second kappa shape index (κ2) is 15.0. The second-order valence-corrected chi connectivity index (χ2v) is 10.4. The van der Waals surface area contributed by atoms with Crippen molar-refractivity contribution in [2.45, 2.75) is 52.9 Å². The molecule has 7 nitrogen and oxygen atoms in total. The minimum Gasteiger partial charge on any atom is -0.384 e. The molecule has 7 heteroatoms. The second-order valence-electron chi connectivity index (χ2n) is 10.4. The molecule has 1 amide bonds. The summed E-state index contributed by atoms with van der Waals surface area (Å²) in [6.45, 7) is 11.2. The molecule has 0 atom stereocenters. The molecule has 0 bridgehead atoms. The number of nitriles is 1. The number of rotatable bonds is 12. The van der Waals surface area contributed by atoms with Crippen LogP contribution >= 0.6 is 0 Å². The van der Waals surface area contributed by atoms with Crippen LogP contribution in [0.2, 0.25) is 0 Å². The van der Waals surface area contributed by atoms with Gasteiger partial charge in [-0.1, -0.05) is 50.6 Å². The summed E-state index contributed by atoms with van der Waals surface area (Å²) in [4.78, 5) is 13.9. The van der Waals surface area contributed by atoms with Crippen LogP contribution in [-0.4, -0.2) is 54.8 Å². The number of nitrogens with zero attached hydrogens (tertiary/aromatic N) is 4. The Hall–Kier alpha value is -4.15. The van der Waals surface area contributed by atoms with Crippen molar-refractivity contribution in [1.29, 1.82) is 5.26 Å². The number of allylic oxidation sites excluding steroid dienone is 3. The predicted molar refractivity (Wildman–Crippen MR) is 168 cm³/mol. The fourth-order valence-corrected chi connectivity index (χ4v) is 5.43. The normalized spacial score (nSPS) is 17.1. The third kappa shape index (κ3) is 7.74. The highest BCUT2D eigenvalue weighted by atomic mass is 16.1. The molecule has 2 aliphatic heterocycles. The lowest BCUT2D eigenvalue weighted by Gasteiger charge is -2.27. The first-order valence-corrected chi connectivity index (χ1v) is 14.9. The Balaban J connectivity index is 1.64. The van der Waals surface area contributed by atoms with Crippen LogP contribution in [0.15, 0.2) is 77.2 Å².